The molecular formula is C20H25BrN2. The number of hydrogen-bond acceptors (Lipinski definition) is 2. The maximum absolute atomic E-state index is 3.76. The zero-order valence-electron chi connectivity index (χ0n) is 13.9. The van der Waals surface area contributed by atoms with Gasteiger partial charge in [-0.05, 0) is 28.7 Å². The molecule has 1 unspecified atom stereocenters. The van der Waals surface area contributed by atoms with Gasteiger partial charge in [-0.3, -0.25) is 4.90 Å². The molecule has 1 aliphatic rings. The number of nitrogens with one attached hydrogen (secondary N) is 1. The van der Waals surface area contributed by atoms with Crippen molar-refractivity contribution in [2.24, 2.45) is 0 Å². The van der Waals surface area contributed by atoms with Gasteiger partial charge in [0.2, 0.25) is 0 Å². The highest BCUT2D eigenvalue weighted by Gasteiger charge is 2.25. The number of hydrogen-bond donors (Lipinski definition) is 1. The van der Waals surface area contributed by atoms with Crippen molar-refractivity contribution >= 4 is 15.9 Å². The lowest BCUT2D eigenvalue weighted by Crippen LogP contribution is -2.45. The molecule has 1 fully saturated rings. The van der Waals surface area contributed by atoms with Crippen LogP contribution in [0.5, 0.6) is 0 Å². The van der Waals surface area contributed by atoms with E-state index in [9.17, 15) is 0 Å². The molecule has 0 radical (unpaired) electrons. The molecule has 0 bridgehead atoms. The van der Waals surface area contributed by atoms with E-state index in [1.807, 2.05) is 0 Å². The van der Waals surface area contributed by atoms with Crippen LogP contribution in [0.2, 0.25) is 0 Å². The Morgan fingerprint density at radius 2 is 1.52 bits per heavy atom. The molecule has 2 nitrogen and oxygen atoms in total. The standard InChI is InChI=1S/C20H25BrN2/c1-15(2)16-7-9-17(10-8-16)20(23-13-11-22-12-14-23)18-5-3-4-6-19(18)21/h3-10,15,20,22H,11-14H2,1-2H3. The highest BCUT2D eigenvalue weighted by atomic mass is 79.9. The van der Waals surface area contributed by atoms with E-state index >= 15 is 0 Å². The van der Waals surface area contributed by atoms with E-state index in [4.69, 9.17) is 0 Å². The molecule has 3 heteroatoms. The fourth-order valence-electron chi connectivity index (χ4n) is 3.29. The maximum atomic E-state index is 3.76. The average Bonchev–Trinajstić information content (AvgIpc) is 2.58. The molecule has 1 heterocycles. The zero-order chi connectivity index (χ0) is 16.2. The van der Waals surface area contributed by atoms with Gasteiger partial charge in [0.1, 0.15) is 0 Å². The van der Waals surface area contributed by atoms with Crippen LogP contribution in [0.3, 0.4) is 0 Å². The fourth-order valence-corrected chi connectivity index (χ4v) is 3.79. The van der Waals surface area contributed by atoms with Crippen LogP contribution >= 0.6 is 15.9 Å². The first-order valence-corrected chi connectivity index (χ1v) is 9.25. The normalized spacial score (nSPS) is 17.4. The molecule has 0 aromatic heterocycles. The second kappa shape index (κ2) is 7.61. The van der Waals surface area contributed by atoms with Gasteiger partial charge >= 0.3 is 0 Å². The number of piperazine rings is 1. The van der Waals surface area contributed by atoms with Crippen molar-refractivity contribution in [3.05, 3.63) is 69.7 Å². The summed E-state index contributed by atoms with van der Waals surface area (Å²) in [4.78, 5) is 2.58. The van der Waals surface area contributed by atoms with E-state index in [1.54, 1.807) is 0 Å². The maximum Gasteiger partial charge on any atom is 0.0613 e. The minimum absolute atomic E-state index is 0.314. The molecule has 0 spiro atoms. The van der Waals surface area contributed by atoms with Gasteiger partial charge in [-0.15, -0.1) is 0 Å². The van der Waals surface area contributed by atoms with Crippen LogP contribution in [-0.4, -0.2) is 31.1 Å². The smallest absolute Gasteiger partial charge is 0.0613 e. The Morgan fingerprint density at radius 3 is 2.13 bits per heavy atom. The van der Waals surface area contributed by atoms with Gasteiger partial charge in [0.25, 0.3) is 0 Å². The molecule has 0 aliphatic carbocycles. The molecule has 1 saturated heterocycles. The SMILES string of the molecule is CC(C)c1ccc(C(c2ccccc2Br)N2CCNCC2)cc1. The van der Waals surface area contributed by atoms with Gasteiger partial charge in [0.05, 0.1) is 6.04 Å². The van der Waals surface area contributed by atoms with Gasteiger partial charge in [0.15, 0.2) is 0 Å². The lowest BCUT2D eigenvalue weighted by molar-refractivity contribution is 0.198. The van der Waals surface area contributed by atoms with Crippen molar-refractivity contribution in [2.75, 3.05) is 26.2 Å². The van der Waals surface area contributed by atoms with E-state index in [-0.39, 0.29) is 0 Å². The van der Waals surface area contributed by atoms with E-state index in [1.165, 1.54) is 21.2 Å². The molecule has 3 rings (SSSR count). The van der Waals surface area contributed by atoms with Crippen LogP contribution in [0.15, 0.2) is 53.0 Å². The molecule has 122 valence electrons. The summed E-state index contributed by atoms with van der Waals surface area (Å²) < 4.78 is 1.19. The van der Waals surface area contributed by atoms with Crippen molar-refractivity contribution in [1.29, 1.82) is 0 Å². The Balaban J connectivity index is 1.99. The Kier molecular flexibility index (Phi) is 5.52. The van der Waals surface area contributed by atoms with E-state index in [2.05, 4.69) is 88.5 Å². The third kappa shape index (κ3) is 3.85. The van der Waals surface area contributed by atoms with Crippen LogP contribution in [0.25, 0.3) is 0 Å². The van der Waals surface area contributed by atoms with Crippen molar-refractivity contribution in [2.45, 2.75) is 25.8 Å². The lowest BCUT2D eigenvalue weighted by atomic mass is 9.94. The van der Waals surface area contributed by atoms with Crippen molar-refractivity contribution in [3.8, 4) is 0 Å². The molecule has 2 aromatic carbocycles. The van der Waals surface area contributed by atoms with Crippen LogP contribution < -0.4 is 5.32 Å². The molecule has 1 atom stereocenters. The first-order chi connectivity index (χ1) is 11.2. The second-order valence-electron chi connectivity index (χ2n) is 6.53. The molecule has 23 heavy (non-hydrogen) atoms. The number of nitrogens with zero attached hydrogens (tertiary/aromatic N) is 1. The highest BCUT2D eigenvalue weighted by molar-refractivity contribution is 9.10. The van der Waals surface area contributed by atoms with Crippen LogP contribution in [0.1, 0.15) is 42.5 Å². The quantitative estimate of drug-likeness (QED) is 0.845. The van der Waals surface area contributed by atoms with Gasteiger partial charge in [0, 0.05) is 30.7 Å². The van der Waals surface area contributed by atoms with Crippen molar-refractivity contribution < 1.29 is 0 Å². The summed E-state index contributed by atoms with van der Waals surface area (Å²) in [7, 11) is 0. The third-order valence-electron chi connectivity index (χ3n) is 4.64. The summed E-state index contributed by atoms with van der Waals surface area (Å²) in [6.45, 7) is 8.78. The summed E-state index contributed by atoms with van der Waals surface area (Å²) >= 11 is 3.76. The fraction of sp³-hybridized carbons (Fsp3) is 0.400. The highest BCUT2D eigenvalue weighted by Crippen LogP contribution is 2.34. The molecule has 2 aromatic rings. The first-order valence-electron chi connectivity index (χ1n) is 8.46. The van der Waals surface area contributed by atoms with E-state index in [0.29, 0.717) is 12.0 Å². The predicted octanol–water partition coefficient (Wildman–Crippen LogP) is 4.57. The van der Waals surface area contributed by atoms with Gasteiger partial charge in [-0.2, -0.15) is 0 Å². The van der Waals surface area contributed by atoms with Gasteiger partial charge in [-0.25, -0.2) is 0 Å². The van der Waals surface area contributed by atoms with Crippen LogP contribution in [0.4, 0.5) is 0 Å². The van der Waals surface area contributed by atoms with E-state index in [0.717, 1.165) is 26.2 Å². The summed E-state index contributed by atoms with van der Waals surface area (Å²) in [6, 6.07) is 18.1. The van der Waals surface area contributed by atoms with E-state index < -0.39 is 0 Å². The second-order valence-corrected chi connectivity index (χ2v) is 7.39. The Morgan fingerprint density at radius 1 is 0.913 bits per heavy atom. The minimum atomic E-state index is 0.314. The molecule has 1 N–H and O–H groups in total. The lowest BCUT2D eigenvalue weighted by Gasteiger charge is -2.36. The largest absolute Gasteiger partial charge is 0.314 e. The summed E-state index contributed by atoms with van der Waals surface area (Å²) in [5.41, 5.74) is 4.13. The predicted molar refractivity (Wildman–Crippen MR) is 101 cm³/mol. The monoisotopic (exact) mass is 372 g/mol. The zero-order valence-corrected chi connectivity index (χ0v) is 15.5. The molecular weight excluding hydrogens is 348 g/mol. The number of rotatable bonds is 4. The molecule has 0 amide bonds. The topological polar surface area (TPSA) is 15.3 Å². The van der Waals surface area contributed by atoms with Crippen molar-refractivity contribution in [1.82, 2.24) is 10.2 Å². The summed E-state index contributed by atoms with van der Waals surface area (Å²) in [5, 5.41) is 3.46. The molecule has 0 saturated carbocycles. The Hall–Kier alpha value is -1.16. The third-order valence-corrected chi connectivity index (χ3v) is 5.36. The summed E-state index contributed by atoms with van der Waals surface area (Å²) in [5.74, 6) is 0.574. The average molecular weight is 373 g/mol. The van der Waals surface area contributed by atoms with Gasteiger partial charge < -0.3 is 5.32 Å². The van der Waals surface area contributed by atoms with Crippen LogP contribution in [-0.2, 0) is 0 Å². The van der Waals surface area contributed by atoms with Gasteiger partial charge in [-0.1, -0.05) is 72.2 Å². The molecule has 1 aliphatic heterocycles. The Labute approximate surface area is 148 Å². The number of halogens is 1. The number of benzene rings is 2. The summed E-state index contributed by atoms with van der Waals surface area (Å²) in [6.07, 6.45) is 0. The van der Waals surface area contributed by atoms with Crippen molar-refractivity contribution in [3.63, 3.8) is 0 Å². The minimum Gasteiger partial charge on any atom is -0.314 e. The first kappa shape index (κ1) is 16.7. The Bertz CT molecular complexity index is 630. The van der Waals surface area contributed by atoms with Crippen LogP contribution in [0, 0.1) is 0 Å².